The van der Waals surface area contributed by atoms with Crippen molar-refractivity contribution in [3.05, 3.63) is 42.2 Å². The lowest BCUT2D eigenvalue weighted by Crippen LogP contribution is -2.29. The quantitative estimate of drug-likeness (QED) is 0.844. The second-order valence-electron chi connectivity index (χ2n) is 4.99. The minimum Gasteiger partial charge on any atom is -0.346 e. The molecule has 0 fully saturated rings. The zero-order valence-electron chi connectivity index (χ0n) is 12.5. The van der Waals surface area contributed by atoms with Gasteiger partial charge in [-0.25, -0.2) is 9.67 Å². The van der Waals surface area contributed by atoms with Gasteiger partial charge >= 0.3 is 0 Å². The summed E-state index contributed by atoms with van der Waals surface area (Å²) in [6.07, 6.45) is 7.16. The van der Waals surface area contributed by atoms with Gasteiger partial charge in [0.25, 0.3) is 0 Å². The lowest BCUT2D eigenvalue weighted by atomic mass is 10.1. The molecule has 2 rings (SSSR count). The fourth-order valence-corrected chi connectivity index (χ4v) is 2.17. The molecule has 1 N–H and O–H groups in total. The van der Waals surface area contributed by atoms with Crippen molar-refractivity contribution in [2.75, 3.05) is 0 Å². The number of aromatic nitrogens is 4. The number of nitrogens with one attached hydrogen (secondary N) is 1. The summed E-state index contributed by atoms with van der Waals surface area (Å²) in [5.74, 6) is 0.809. The van der Waals surface area contributed by atoms with E-state index >= 15 is 0 Å². The van der Waals surface area contributed by atoms with Crippen molar-refractivity contribution in [2.24, 2.45) is 0 Å². The molecule has 0 saturated carbocycles. The Morgan fingerprint density at radius 2 is 2.33 bits per heavy atom. The average Bonchev–Trinajstić information content (AvgIpc) is 2.95. The lowest BCUT2D eigenvalue weighted by Gasteiger charge is -2.14. The lowest BCUT2D eigenvalue weighted by molar-refractivity contribution is -0.121. The number of aryl methyl sites for hydroxylation is 2. The van der Waals surface area contributed by atoms with Gasteiger partial charge in [-0.2, -0.15) is 5.10 Å². The highest BCUT2D eigenvalue weighted by atomic mass is 16.1. The number of pyridine rings is 1. The number of hydrogen-bond acceptors (Lipinski definition) is 4. The molecule has 2 aromatic rings. The average molecular weight is 287 g/mol. The molecule has 112 valence electrons. The molecule has 21 heavy (non-hydrogen) atoms. The van der Waals surface area contributed by atoms with E-state index in [4.69, 9.17) is 0 Å². The maximum absolute atomic E-state index is 12.0. The molecule has 6 nitrogen and oxygen atoms in total. The van der Waals surface area contributed by atoms with E-state index in [9.17, 15) is 4.79 Å². The molecule has 1 atom stereocenters. The third-order valence-electron chi connectivity index (χ3n) is 3.21. The zero-order chi connectivity index (χ0) is 15.1. The third kappa shape index (κ3) is 4.37. The summed E-state index contributed by atoms with van der Waals surface area (Å²) in [5.41, 5.74) is 1.06. The first-order valence-electron chi connectivity index (χ1n) is 7.26. The van der Waals surface area contributed by atoms with Crippen molar-refractivity contribution < 1.29 is 4.79 Å². The van der Waals surface area contributed by atoms with E-state index in [1.165, 1.54) is 6.33 Å². The van der Waals surface area contributed by atoms with Crippen LogP contribution in [-0.4, -0.2) is 25.7 Å². The van der Waals surface area contributed by atoms with Crippen LogP contribution in [-0.2, 0) is 17.8 Å². The normalized spacial score (nSPS) is 12.1. The predicted molar refractivity (Wildman–Crippen MR) is 79.4 cm³/mol. The minimum absolute atomic E-state index is 0.0115. The number of amides is 1. The Morgan fingerprint density at radius 3 is 3.05 bits per heavy atom. The van der Waals surface area contributed by atoms with Crippen molar-refractivity contribution in [1.82, 2.24) is 25.1 Å². The van der Waals surface area contributed by atoms with Gasteiger partial charge in [0.05, 0.1) is 6.04 Å². The summed E-state index contributed by atoms with van der Waals surface area (Å²) >= 11 is 0. The molecule has 2 aromatic heterocycles. The topological polar surface area (TPSA) is 72.7 Å². The van der Waals surface area contributed by atoms with E-state index in [2.05, 4.69) is 27.3 Å². The SMILES string of the molecule is CCCn1ncnc1[C@H](C)NC(=O)CCc1cccnc1. The predicted octanol–water partition coefficient (Wildman–Crippen LogP) is 1.89. The smallest absolute Gasteiger partial charge is 0.220 e. The van der Waals surface area contributed by atoms with Gasteiger partial charge in [0.15, 0.2) is 0 Å². The molecule has 0 aliphatic rings. The van der Waals surface area contributed by atoms with Crippen LogP contribution in [0.4, 0.5) is 0 Å². The van der Waals surface area contributed by atoms with Gasteiger partial charge in [0.2, 0.25) is 5.91 Å². The summed E-state index contributed by atoms with van der Waals surface area (Å²) in [5, 5.41) is 7.14. The van der Waals surface area contributed by atoms with Gasteiger partial charge in [-0.1, -0.05) is 13.0 Å². The fraction of sp³-hybridized carbons (Fsp3) is 0.467. The fourth-order valence-electron chi connectivity index (χ4n) is 2.17. The van der Waals surface area contributed by atoms with Crippen LogP contribution in [0.5, 0.6) is 0 Å². The summed E-state index contributed by atoms with van der Waals surface area (Å²) in [4.78, 5) is 20.3. The van der Waals surface area contributed by atoms with E-state index < -0.39 is 0 Å². The zero-order valence-corrected chi connectivity index (χ0v) is 12.5. The third-order valence-corrected chi connectivity index (χ3v) is 3.21. The maximum atomic E-state index is 12.0. The van der Waals surface area contributed by atoms with Gasteiger partial charge in [0, 0.05) is 25.4 Å². The summed E-state index contributed by atoms with van der Waals surface area (Å²) in [6, 6.07) is 3.71. The highest BCUT2D eigenvalue weighted by Gasteiger charge is 2.15. The minimum atomic E-state index is -0.138. The Bertz CT molecular complexity index is 566. The molecule has 0 saturated heterocycles. The van der Waals surface area contributed by atoms with Crippen LogP contribution in [0.3, 0.4) is 0 Å². The molecule has 0 radical (unpaired) electrons. The highest BCUT2D eigenvalue weighted by molar-refractivity contribution is 5.76. The van der Waals surface area contributed by atoms with Crippen LogP contribution in [0.1, 0.15) is 44.1 Å². The Labute approximate surface area is 124 Å². The molecule has 1 amide bonds. The van der Waals surface area contributed by atoms with Gasteiger partial charge in [-0.3, -0.25) is 9.78 Å². The van der Waals surface area contributed by atoms with E-state index in [1.807, 2.05) is 23.7 Å². The Kier molecular flexibility index (Phi) is 5.43. The first-order chi connectivity index (χ1) is 10.2. The van der Waals surface area contributed by atoms with Gasteiger partial charge in [0.1, 0.15) is 12.2 Å². The molecule has 0 aliphatic heterocycles. The summed E-state index contributed by atoms with van der Waals surface area (Å²) in [7, 11) is 0. The molecule has 0 unspecified atom stereocenters. The van der Waals surface area contributed by atoms with Crippen molar-refractivity contribution in [1.29, 1.82) is 0 Å². The standard InChI is InChI=1S/C15H21N5O/c1-3-9-20-15(17-11-18-20)12(2)19-14(21)7-6-13-5-4-8-16-10-13/h4-5,8,10-12H,3,6-7,9H2,1-2H3,(H,19,21)/t12-/m0/s1. The Balaban J connectivity index is 1.85. The first-order valence-corrected chi connectivity index (χ1v) is 7.26. The van der Waals surface area contributed by atoms with Gasteiger partial charge in [-0.15, -0.1) is 0 Å². The van der Waals surface area contributed by atoms with Crippen molar-refractivity contribution >= 4 is 5.91 Å². The van der Waals surface area contributed by atoms with Crippen LogP contribution in [0.15, 0.2) is 30.9 Å². The number of carbonyl (C=O) groups excluding carboxylic acids is 1. The Morgan fingerprint density at radius 1 is 1.48 bits per heavy atom. The molecule has 0 aromatic carbocycles. The number of nitrogens with zero attached hydrogens (tertiary/aromatic N) is 4. The molecule has 6 heteroatoms. The largest absolute Gasteiger partial charge is 0.346 e. The molecular weight excluding hydrogens is 266 g/mol. The van der Waals surface area contributed by atoms with Crippen molar-refractivity contribution in [3.8, 4) is 0 Å². The summed E-state index contributed by atoms with van der Waals surface area (Å²) in [6.45, 7) is 4.83. The van der Waals surface area contributed by atoms with Crippen molar-refractivity contribution in [2.45, 2.75) is 45.7 Å². The maximum Gasteiger partial charge on any atom is 0.220 e. The van der Waals surface area contributed by atoms with Crippen LogP contribution in [0, 0.1) is 0 Å². The second-order valence-corrected chi connectivity index (χ2v) is 4.99. The monoisotopic (exact) mass is 287 g/mol. The Hall–Kier alpha value is -2.24. The van der Waals surface area contributed by atoms with Crippen LogP contribution in [0.2, 0.25) is 0 Å². The molecule has 2 heterocycles. The number of carbonyl (C=O) groups is 1. The molecule has 0 spiro atoms. The molecule has 0 bridgehead atoms. The van der Waals surface area contributed by atoms with Gasteiger partial charge in [-0.05, 0) is 31.4 Å². The van der Waals surface area contributed by atoms with Crippen LogP contribution in [0.25, 0.3) is 0 Å². The summed E-state index contributed by atoms with van der Waals surface area (Å²) < 4.78 is 1.84. The van der Waals surface area contributed by atoms with E-state index in [-0.39, 0.29) is 11.9 Å². The molecule has 0 aliphatic carbocycles. The van der Waals surface area contributed by atoms with Crippen molar-refractivity contribution in [3.63, 3.8) is 0 Å². The van der Waals surface area contributed by atoms with Crippen LogP contribution < -0.4 is 5.32 Å². The number of hydrogen-bond donors (Lipinski definition) is 1. The van der Waals surface area contributed by atoms with Crippen LogP contribution >= 0.6 is 0 Å². The number of rotatable bonds is 7. The highest BCUT2D eigenvalue weighted by Crippen LogP contribution is 2.10. The molecular formula is C15H21N5O. The first kappa shape index (κ1) is 15.2. The van der Waals surface area contributed by atoms with E-state index in [0.29, 0.717) is 12.8 Å². The second kappa shape index (κ2) is 7.52. The van der Waals surface area contributed by atoms with E-state index in [0.717, 1.165) is 24.4 Å². The van der Waals surface area contributed by atoms with E-state index in [1.54, 1.807) is 12.4 Å². The van der Waals surface area contributed by atoms with Gasteiger partial charge < -0.3 is 5.32 Å².